The summed E-state index contributed by atoms with van der Waals surface area (Å²) >= 11 is 6.01. The van der Waals surface area contributed by atoms with E-state index in [-0.39, 0.29) is 37.1 Å². The lowest BCUT2D eigenvalue weighted by Gasteiger charge is -2.16. The first-order valence-corrected chi connectivity index (χ1v) is 8.49. The molecule has 1 unspecified atom stereocenters. The second kappa shape index (κ2) is 8.03. The normalized spacial score (nSPS) is 16.2. The Kier molecular flexibility index (Phi) is 5.55. The second-order valence-electron chi connectivity index (χ2n) is 5.88. The average Bonchev–Trinajstić information content (AvgIpc) is 3.02. The number of hydrogen-bond donors (Lipinski definition) is 1. The van der Waals surface area contributed by atoms with Crippen LogP contribution in [0.2, 0.25) is 5.02 Å². The second-order valence-corrected chi connectivity index (χ2v) is 6.29. The van der Waals surface area contributed by atoms with E-state index in [9.17, 15) is 14.0 Å². The van der Waals surface area contributed by atoms with Crippen LogP contribution in [0.4, 0.5) is 10.1 Å². The molecule has 1 atom stereocenters. The quantitative estimate of drug-likeness (QED) is 0.844. The van der Waals surface area contributed by atoms with Crippen molar-refractivity contribution in [2.24, 2.45) is 5.92 Å². The zero-order valence-corrected chi connectivity index (χ0v) is 14.6. The summed E-state index contributed by atoms with van der Waals surface area (Å²) in [6, 6.07) is 12.8. The Morgan fingerprint density at radius 1 is 1.23 bits per heavy atom. The minimum absolute atomic E-state index is 0.126. The summed E-state index contributed by atoms with van der Waals surface area (Å²) in [7, 11) is 0. The summed E-state index contributed by atoms with van der Waals surface area (Å²) in [5.74, 6) is 4.55. The van der Waals surface area contributed by atoms with Gasteiger partial charge in [0.1, 0.15) is 5.82 Å². The van der Waals surface area contributed by atoms with Gasteiger partial charge in [0.25, 0.3) is 0 Å². The van der Waals surface area contributed by atoms with Crippen molar-refractivity contribution in [3.63, 3.8) is 0 Å². The summed E-state index contributed by atoms with van der Waals surface area (Å²) in [6.07, 6.45) is 0.126. The lowest BCUT2D eigenvalue weighted by atomic mass is 10.1. The van der Waals surface area contributed by atoms with E-state index < -0.39 is 5.92 Å². The highest BCUT2D eigenvalue weighted by molar-refractivity contribution is 6.31. The first-order chi connectivity index (χ1) is 12.5. The van der Waals surface area contributed by atoms with E-state index in [0.717, 1.165) is 0 Å². The minimum Gasteiger partial charge on any atom is -0.345 e. The molecule has 2 amide bonds. The van der Waals surface area contributed by atoms with E-state index in [1.165, 1.54) is 29.2 Å². The molecule has 1 aliphatic rings. The van der Waals surface area contributed by atoms with Crippen LogP contribution in [0.3, 0.4) is 0 Å². The number of nitrogens with one attached hydrogen (secondary N) is 1. The van der Waals surface area contributed by atoms with Crippen molar-refractivity contribution in [2.75, 3.05) is 18.0 Å². The van der Waals surface area contributed by atoms with Gasteiger partial charge in [-0.25, -0.2) is 4.39 Å². The smallest absolute Gasteiger partial charge is 0.227 e. The van der Waals surface area contributed by atoms with E-state index in [2.05, 4.69) is 17.2 Å². The predicted octanol–water partition coefficient (Wildman–Crippen LogP) is 3.00. The zero-order chi connectivity index (χ0) is 18.5. The van der Waals surface area contributed by atoms with Gasteiger partial charge in [-0.15, -0.1) is 0 Å². The molecule has 0 aliphatic carbocycles. The molecular formula is C20H16ClFN2O2. The molecule has 26 heavy (non-hydrogen) atoms. The van der Waals surface area contributed by atoms with E-state index >= 15 is 0 Å². The molecule has 0 spiro atoms. The standard InChI is InChI=1S/C20H16ClFN2O2/c21-18-6-2-1-4-14(18)5-3-11-23-20(26)15-12-19(25)24(13-15)17-9-7-16(22)8-10-17/h1-2,4,6-10,15H,11-13H2,(H,23,26). The zero-order valence-electron chi connectivity index (χ0n) is 13.8. The number of hydrogen-bond acceptors (Lipinski definition) is 2. The van der Waals surface area contributed by atoms with E-state index in [0.29, 0.717) is 16.3 Å². The predicted molar refractivity (Wildman–Crippen MR) is 98.2 cm³/mol. The van der Waals surface area contributed by atoms with Crippen molar-refractivity contribution >= 4 is 29.1 Å². The summed E-state index contributed by atoms with van der Waals surface area (Å²) < 4.78 is 13.0. The van der Waals surface area contributed by atoms with Gasteiger partial charge in [0.15, 0.2) is 0 Å². The molecule has 0 radical (unpaired) electrons. The van der Waals surface area contributed by atoms with Crippen LogP contribution in [0.25, 0.3) is 0 Å². The number of rotatable bonds is 3. The molecular weight excluding hydrogens is 355 g/mol. The topological polar surface area (TPSA) is 49.4 Å². The number of anilines is 1. The summed E-state index contributed by atoms with van der Waals surface area (Å²) in [5, 5.41) is 3.28. The molecule has 6 heteroatoms. The SMILES string of the molecule is O=C(NCC#Cc1ccccc1Cl)C1CC(=O)N(c2ccc(F)cc2)C1. The molecule has 1 fully saturated rings. The van der Waals surface area contributed by atoms with E-state index in [1.54, 1.807) is 12.1 Å². The van der Waals surface area contributed by atoms with Crippen LogP contribution in [0.1, 0.15) is 12.0 Å². The molecule has 1 heterocycles. The van der Waals surface area contributed by atoms with Gasteiger partial charge in [-0.1, -0.05) is 35.6 Å². The highest BCUT2D eigenvalue weighted by Gasteiger charge is 2.34. The van der Waals surface area contributed by atoms with Gasteiger partial charge >= 0.3 is 0 Å². The number of nitrogens with zero attached hydrogens (tertiary/aromatic N) is 1. The first kappa shape index (κ1) is 18.0. The van der Waals surface area contributed by atoms with Crippen molar-refractivity contribution in [3.05, 3.63) is 64.9 Å². The van der Waals surface area contributed by atoms with Crippen LogP contribution in [-0.4, -0.2) is 24.9 Å². The lowest BCUT2D eigenvalue weighted by molar-refractivity contribution is -0.126. The van der Waals surface area contributed by atoms with E-state index in [4.69, 9.17) is 11.6 Å². The third-order valence-corrected chi connectivity index (χ3v) is 4.41. The Bertz CT molecular complexity index is 887. The van der Waals surface area contributed by atoms with Crippen LogP contribution in [0.5, 0.6) is 0 Å². The fraction of sp³-hybridized carbons (Fsp3) is 0.200. The molecule has 132 valence electrons. The summed E-state index contributed by atoms with van der Waals surface area (Å²) in [4.78, 5) is 25.9. The molecule has 0 saturated carbocycles. The lowest BCUT2D eigenvalue weighted by Crippen LogP contribution is -2.33. The average molecular weight is 371 g/mol. The molecule has 1 saturated heterocycles. The van der Waals surface area contributed by atoms with Gasteiger partial charge in [-0.2, -0.15) is 0 Å². The Balaban J connectivity index is 1.55. The molecule has 1 N–H and O–H groups in total. The van der Waals surface area contributed by atoms with Gasteiger partial charge in [-0.3, -0.25) is 9.59 Å². The maximum atomic E-state index is 13.0. The van der Waals surface area contributed by atoms with Crippen molar-refractivity contribution in [1.29, 1.82) is 0 Å². The fourth-order valence-corrected chi connectivity index (χ4v) is 2.91. The van der Waals surface area contributed by atoms with E-state index in [1.807, 2.05) is 12.1 Å². The Hall–Kier alpha value is -2.84. The van der Waals surface area contributed by atoms with Crippen molar-refractivity contribution in [1.82, 2.24) is 5.32 Å². The van der Waals surface area contributed by atoms with Gasteiger partial charge < -0.3 is 10.2 Å². The number of halogens is 2. The monoisotopic (exact) mass is 370 g/mol. The molecule has 0 aromatic heterocycles. The van der Waals surface area contributed by atoms with Gasteiger partial charge in [0, 0.05) is 24.2 Å². The van der Waals surface area contributed by atoms with Crippen LogP contribution >= 0.6 is 11.6 Å². The van der Waals surface area contributed by atoms with Gasteiger partial charge in [0.2, 0.25) is 11.8 Å². The van der Waals surface area contributed by atoms with Crippen LogP contribution in [0, 0.1) is 23.6 Å². The third kappa shape index (κ3) is 4.22. The summed E-state index contributed by atoms with van der Waals surface area (Å²) in [6.45, 7) is 0.444. The largest absolute Gasteiger partial charge is 0.345 e. The number of amides is 2. The molecule has 2 aromatic rings. The number of benzene rings is 2. The highest BCUT2D eigenvalue weighted by Crippen LogP contribution is 2.25. The molecule has 4 nitrogen and oxygen atoms in total. The van der Waals surface area contributed by atoms with Crippen LogP contribution in [0.15, 0.2) is 48.5 Å². The Labute approximate surface area is 156 Å². The number of carbonyl (C=O) groups excluding carboxylic acids is 2. The summed E-state index contributed by atoms with van der Waals surface area (Å²) in [5.41, 5.74) is 1.28. The highest BCUT2D eigenvalue weighted by atomic mass is 35.5. The Morgan fingerprint density at radius 2 is 1.96 bits per heavy atom. The molecule has 2 aromatic carbocycles. The van der Waals surface area contributed by atoms with Crippen molar-refractivity contribution in [3.8, 4) is 11.8 Å². The molecule has 0 bridgehead atoms. The maximum Gasteiger partial charge on any atom is 0.227 e. The first-order valence-electron chi connectivity index (χ1n) is 8.11. The van der Waals surface area contributed by atoms with Gasteiger partial charge in [0.05, 0.1) is 17.5 Å². The van der Waals surface area contributed by atoms with Crippen LogP contribution in [-0.2, 0) is 9.59 Å². The number of carbonyl (C=O) groups is 2. The van der Waals surface area contributed by atoms with Crippen molar-refractivity contribution in [2.45, 2.75) is 6.42 Å². The molecule has 1 aliphatic heterocycles. The molecule has 3 rings (SSSR count). The van der Waals surface area contributed by atoms with Crippen molar-refractivity contribution < 1.29 is 14.0 Å². The van der Waals surface area contributed by atoms with Crippen LogP contribution < -0.4 is 10.2 Å². The van der Waals surface area contributed by atoms with Gasteiger partial charge in [-0.05, 0) is 36.4 Å². The third-order valence-electron chi connectivity index (χ3n) is 4.08. The Morgan fingerprint density at radius 3 is 2.69 bits per heavy atom. The minimum atomic E-state index is -0.449. The fourth-order valence-electron chi connectivity index (χ4n) is 2.73. The maximum absolute atomic E-state index is 13.0.